The average molecular weight is 487 g/mol. The standard InChI is InChI=1S/C30H34N2O4/c1-2-11-31-17-22(30(35)36-18-28(34)20-5-3-6-23(33)12-20)13-25-24-7-4-8-26-29(24)21(14-27(25)31)16-32(26)15-19-9-10-19/h3-8,12,16,19,22,25,27,33H,2,9-11,13-15,17-18H2,1H3/t22-,25?,27-/m1/s1. The Balaban J connectivity index is 1.23. The maximum absolute atomic E-state index is 13.2. The number of nitrogens with zero attached hydrogens (tertiary/aromatic N) is 2. The molecule has 1 unspecified atom stereocenters. The first-order valence-corrected chi connectivity index (χ1v) is 13.4. The van der Waals surface area contributed by atoms with E-state index in [0.29, 0.717) is 18.2 Å². The Morgan fingerprint density at radius 1 is 1.14 bits per heavy atom. The van der Waals surface area contributed by atoms with Gasteiger partial charge in [-0.15, -0.1) is 0 Å². The second-order valence-corrected chi connectivity index (χ2v) is 10.9. The number of ketones is 1. The monoisotopic (exact) mass is 486 g/mol. The predicted molar refractivity (Wildman–Crippen MR) is 138 cm³/mol. The van der Waals surface area contributed by atoms with E-state index in [-0.39, 0.29) is 35.9 Å². The lowest BCUT2D eigenvalue weighted by atomic mass is 9.72. The van der Waals surface area contributed by atoms with Gasteiger partial charge >= 0.3 is 5.97 Å². The molecule has 1 saturated heterocycles. The van der Waals surface area contributed by atoms with Crippen molar-refractivity contribution in [2.45, 2.75) is 57.5 Å². The van der Waals surface area contributed by atoms with E-state index in [9.17, 15) is 14.7 Å². The van der Waals surface area contributed by atoms with Crippen LogP contribution in [0.15, 0.2) is 48.7 Å². The van der Waals surface area contributed by atoms with Gasteiger partial charge in [-0.1, -0.05) is 31.2 Å². The van der Waals surface area contributed by atoms with Crippen molar-refractivity contribution in [2.75, 3.05) is 19.7 Å². The van der Waals surface area contributed by atoms with Crippen LogP contribution in [0.3, 0.4) is 0 Å². The largest absolute Gasteiger partial charge is 0.508 e. The third-order valence-corrected chi connectivity index (χ3v) is 8.28. The van der Waals surface area contributed by atoms with Gasteiger partial charge in [-0.25, -0.2) is 0 Å². The van der Waals surface area contributed by atoms with Crippen molar-refractivity contribution in [3.63, 3.8) is 0 Å². The smallest absolute Gasteiger partial charge is 0.310 e. The number of esters is 1. The Hall–Kier alpha value is -3.12. The van der Waals surface area contributed by atoms with Gasteiger partial charge in [0.1, 0.15) is 5.75 Å². The van der Waals surface area contributed by atoms with Crippen molar-refractivity contribution < 1.29 is 19.4 Å². The zero-order chi connectivity index (χ0) is 24.8. The van der Waals surface area contributed by atoms with E-state index in [2.05, 4.69) is 40.8 Å². The summed E-state index contributed by atoms with van der Waals surface area (Å²) in [7, 11) is 0. The highest BCUT2D eigenvalue weighted by molar-refractivity contribution is 5.98. The summed E-state index contributed by atoms with van der Waals surface area (Å²) in [6.45, 7) is 4.61. The number of carbonyl (C=O) groups is 2. The Kier molecular flexibility index (Phi) is 6.08. The molecule has 0 radical (unpaired) electrons. The van der Waals surface area contributed by atoms with Gasteiger partial charge in [0.2, 0.25) is 0 Å². The molecule has 0 amide bonds. The first kappa shape index (κ1) is 23.3. The van der Waals surface area contributed by atoms with Gasteiger partial charge < -0.3 is 14.4 Å². The van der Waals surface area contributed by atoms with Crippen molar-refractivity contribution in [3.05, 3.63) is 65.4 Å². The average Bonchev–Trinajstić information content (AvgIpc) is 3.64. The maximum Gasteiger partial charge on any atom is 0.310 e. The number of rotatable bonds is 8. The quantitative estimate of drug-likeness (QED) is 0.361. The summed E-state index contributed by atoms with van der Waals surface area (Å²) in [5, 5.41) is 11.0. The molecule has 3 atom stereocenters. The van der Waals surface area contributed by atoms with Crippen LogP contribution >= 0.6 is 0 Å². The number of aromatic nitrogens is 1. The molecule has 3 aliphatic rings. The normalized spacial score (nSPS) is 23.4. The summed E-state index contributed by atoms with van der Waals surface area (Å²) >= 11 is 0. The molecule has 36 heavy (non-hydrogen) atoms. The summed E-state index contributed by atoms with van der Waals surface area (Å²) in [6, 6.07) is 13.2. The molecule has 0 bridgehead atoms. The van der Waals surface area contributed by atoms with Crippen molar-refractivity contribution in [3.8, 4) is 5.75 Å². The number of fused-ring (bicyclic) bond motifs is 2. The minimum atomic E-state index is -0.303. The van der Waals surface area contributed by atoms with E-state index < -0.39 is 0 Å². The number of aromatic hydroxyl groups is 1. The Labute approximate surface area is 211 Å². The zero-order valence-electron chi connectivity index (χ0n) is 20.9. The van der Waals surface area contributed by atoms with Crippen LogP contribution in [-0.4, -0.2) is 52.1 Å². The van der Waals surface area contributed by atoms with Crippen molar-refractivity contribution >= 4 is 22.7 Å². The summed E-state index contributed by atoms with van der Waals surface area (Å²) in [4.78, 5) is 28.2. The number of carbonyl (C=O) groups excluding carboxylic acids is 2. The number of hydrogen-bond donors (Lipinski definition) is 1. The molecule has 1 saturated carbocycles. The molecule has 2 aliphatic carbocycles. The number of Topliss-reactive ketones (excluding diaryl/α,β-unsaturated/α-hetero) is 1. The van der Waals surface area contributed by atoms with Gasteiger partial charge in [-0.3, -0.25) is 14.5 Å². The molecule has 1 aromatic heterocycles. The number of benzene rings is 2. The molecule has 188 valence electrons. The summed E-state index contributed by atoms with van der Waals surface area (Å²) in [6.07, 6.45) is 7.86. The van der Waals surface area contributed by atoms with Crippen LogP contribution in [0, 0.1) is 11.8 Å². The topological polar surface area (TPSA) is 71.8 Å². The first-order chi connectivity index (χ1) is 17.5. The van der Waals surface area contributed by atoms with Crippen LogP contribution in [0.2, 0.25) is 0 Å². The van der Waals surface area contributed by atoms with Gasteiger partial charge in [0, 0.05) is 47.7 Å². The van der Waals surface area contributed by atoms with Gasteiger partial charge in [-0.05, 0) is 73.9 Å². The van der Waals surface area contributed by atoms with Gasteiger partial charge in [-0.2, -0.15) is 0 Å². The SMILES string of the molecule is CCCN1C[C@H](C(=O)OCC(=O)c2cccc(O)c2)CC2c3cccc4c3c(cn4CC3CC3)C[C@H]21. The molecule has 2 heterocycles. The molecular weight excluding hydrogens is 452 g/mol. The number of phenols is 1. The highest BCUT2D eigenvalue weighted by atomic mass is 16.5. The number of hydrogen-bond acceptors (Lipinski definition) is 5. The number of ether oxygens (including phenoxy) is 1. The second-order valence-electron chi connectivity index (χ2n) is 10.9. The first-order valence-electron chi connectivity index (χ1n) is 13.4. The summed E-state index contributed by atoms with van der Waals surface area (Å²) in [5.74, 6) is 0.253. The fourth-order valence-corrected chi connectivity index (χ4v) is 6.44. The van der Waals surface area contributed by atoms with Crippen LogP contribution < -0.4 is 0 Å². The van der Waals surface area contributed by atoms with Gasteiger partial charge in [0.05, 0.1) is 5.92 Å². The van der Waals surface area contributed by atoms with Gasteiger partial charge in [0.15, 0.2) is 12.4 Å². The fraction of sp³-hybridized carbons (Fsp3) is 0.467. The van der Waals surface area contributed by atoms with Crippen LogP contribution in [0.5, 0.6) is 5.75 Å². The lowest BCUT2D eigenvalue weighted by Gasteiger charge is -2.46. The van der Waals surface area contributed by atoms with Crippen LogP contribution in [-0.2, 0) is 22.5 Å². The molecule has 1 N–H and O–H groups in total. The Morgan fingerprint density at radius 2 is 1.97 bits per heavy atom. The maximum atomic E-state index is 13.2. The van der Waals surface area contributed by atoms with Gasteiger partial charge in [0.25, 0.3) is 0 Å². The second kappa shape index (κ2) is 9.40. The molecule has 1 aliphatic heterocycles. The van der Waals surface area contributed by atoms with Crippen molar-refractivity contribution in [1.29, 1.82) is 0 Å². The zero-order valence-corrected chi connectivity index (χ0v) is 20.9. The van der Waals surface area contributed by atoms with Crippen molar-refractivity contribution in [2.24, 2.45) is 11.8 Å². The third-order valence-electron chi connectivity index (χ3n) is 8.28. The van der Waals surface area contributed by atoms with E-state index in [1.54, 1.807) is 12.1 Å². The Bertz CT molecular complexity index is 1310. The Morgan fingerprint density at radius 3 is 2.75 bits per heavy atom. The highest BCUT2D eigenvalue weighted by Gasteiger charge is 2.43. The van der Waals surface area contributed by atoms with Crippen LogP contribution in [0.25, 0.3) is 10.9 Å². The number of likely N-dealkylation sites (tertiary alicyclic amines) is 1. The van der Waals surface area contributed by atoms with Crippen LogP contribution in [0.4, 0.5) is 0 Å². The lowest BCUT2D eigenvalue weighted by Crippen LogP contribution is -2.52. The molecule has 2 fully saturated rings. The van der Waals surface area contributed by atoms with E-state index in [4.69, 9.17) is 4.74 Å². The predicted octanol–water partition coefficient (Wildman–Crippen LogP) is 4.92. The molecule has 6 heteroatoms. The number of piperidine rings is 1. The molecule has 6 rings (SSSR count). The van der Waals surface area contributed by atoms with E-state index in [1.165, 1.54) is 47.0 Å². The molecule has 6 nitrogen and oxygen atoms in total. The molecule has 0 spiro atoms. The van der Waals surface area contributed by atoms with E-state index in [0.717, 1.165) is 38.3 Å². The fourth-order valence-electron chi connectivity index (χ4n) is 6.44. The minimum Gasteiger partial charge on any atom is -0.508 e. The molecular formula is C30H34N2O4. The van der Waals surface area contributed by atoms with E-state index >= 15 is 0 Å². The number of phenolic OH excluding ortho intramolecular Hbond substituents is 1. The summed E-state index contributed by atoms with van der Waals surface area (Å²) < 4.78 is 8.00. The van der Waals surface area contributed by atoms with Crippen molar-refractivity contribution in [1.82, 2.24) is 9.47 Å². The highest BCUT2D eigenvalue weighted by Crippen LogP contribution is 2.46. The summed E-state index contributed by atoms with van der Waals surface area (Å²) in [5.41, 5.74) is 4.49. The molecule has 3 aromatic rings. The van der Waals surface area contributed by atoms with E-state index in [1.807, 2.05) is 0 Å². The minimum absolute atomic E-state index is 0.0255. The molecule has 2 aromatic carbocycles. The lowest BCUT2D eigenvalue weighted by molar-refractivity contribution is -0.150. The third kappa shape index (κ3) is 4.32. The van der Waals surface area contributed by atoms with Crippen LogP contribution in [0.1, 0.15) is 60.0 Å².